The molecule has 1 rings (SSSR count). The largest absolute Gasteiger partial charge is 0.481 e. The molecule has 0 aromatic heterocycles. The van der Waals surface area contributed by atoms with Gasteiger partial charge in [-0.15, -0.1) is 0 Å². The third-order valence-electron chi connectivity index (χ3n) is 3.78. The van der Waals surface area contributed by atoms with Crippen molar-refractivity contribution in [2.75, 3.05) is 14.2 Å². The molecule has 7 heteroatoms. The summed E-state index contributed by atoms with van der Waals surface area (Å²) in [6.45, 7) is 9.34. The fraction of sp³-hybridized carbons (Fsp3) is 0.526. The van der Waals surface area contributed by atoms with Crippen LogP contribution in [-0.2, 0) is 14.3 Å². The quantitative estimate of drug-likeness (QED) is 0.691. The first-order chi connectivity index (χ1) is 12.1. The second kappa shape index (κ2) is 9.22. The minimum absolute atomic E-state index is 0.0144. The Kier molecular flexibility index (Phi) is 7.61. The molecular formula is C19H27NO6. The van der Waals surface area contributed by atoms with Crippen LogP contribution < -0.4 is 4.74 Å². The number of ether oxygens (including phenoxy) is 3. The van der Waals surface area contributed by atoms with Crippen LogP contribution in [0.3, 0.4) is 0 Å². The number of hydrogen-bond acceptors (Lipinski definition) is 6. The van der Waals surface area contributed by atoms with Crippen LogP contribution in [0.25, 0.3) is 0 Å². The molecule has 0 radical (unpaired) electrons. The molecule has 7 nitrogen and oxygen atoms in total. The van der Waals surface area contributed by atoms with Crippen molar-refractivity contribution in [3.63, 3.8) is 0 Å². The van der Waals surface area contributed by atoms with Crippen LogP contribution in [0.4, 0.5) is 0 Å². The van der Waals surface area contributed by atoms with Gasteiger partial charge in [0, 0.05) is 12.1 Å². The first-order valence-corrected chi connectivity index (χ1v) is 8.42. The molecule has 26 heavy (non-hydrogen) atoms. The molecule has 1 amide bonds. The van der Waals surface area contributed by atoms with Gasteiger partial charge in [0.25, 0.3) is 5.91 Å². The van der Waals surface area contributed by atoms with Crippen LogP contribution in [0, 0.1) is 0 Å². The maximum atomic E-state index is 12.7. The summed E-state index contributed by atoms with van der Waals surface area (Å²) < 4.78 is 15.1. The van der Waals surface area contributed by atoms with Crippen LogP contribution in [0.1, 0.15) is 55.3 Å². The fourth-order valence-electron chi connectivity index (χ4n) is 2.71. The number of nitrogens with zero attached hydrogens (tertiary/aromatic N) is 1. The van der Waals surface area contributed by atoms with E-state index >= 15 is 0 Å². The summed E-state index contributed by atoms with van der Waals surface area (Å²) in [5.74, 6) is -1.21. The molecule has 0 saturated carbocycles. The highest BCUT2D eigenvalue weighted by atomic mass is 16.5. The molecule has 1 aromatic rings. The minimum atomic E-state index is -0.793. The first-order valence-electron chi connectivity index (χ1n) is 8.42. The molecular weight excluding hydrogens is 338 g/mol. The molecule has 0 saturated heterocycles. The van der Waals surface area contributed by atoms with Crippen LogP contribution in [0.2, 0.25) is 0 Å². The lowest BCUT2D eigenvalue weighted by Crippen LogP contribution is -2.48. The van der Waals surface area contributed by atoms with E-state index in [1.54, 1.807) is 11.8 Å². The third-order valence-corrected chi connectivity index (χ3v) is 3.78. The minimum Gasteiger partial charge on any atom is -0.481 e. The van der Waals surface area contributed by atoms with Crippen molar-refractivity contribution in [1.82, 2.24) is 4.90 Å². The zero-order valence-electron chi connectivity index (χ0n) is 16.4. The highest BCUT2D eigenvalue weighted by molar-refractivity contribution is 5.96. The first kappa shape index (κ1) is 21.5. The SMILES string of the molecule is COC(=O)c1cc(O[C@H](C)C(=O)N(C(C)C)C(C)C)cc(C(=O)OC)c1. The summed E-state index contributed by atoms with van der Waals surface area (Å²) in [7, 11) is 2.48. The molecule has 0 fully saturated rings. The average molecular weight is 365 g/mol. The van der Waals surface area contributed by atoms with Crippen molar-refractivity contribution in [2.24, 2.45) is 0 Å². The highest BCUT2D eigenvalue weighted by Gasteiger charge is 2.27. The Morgan fingerprint density at radius 1 is 0.808 bits per heavy atom. The normalized spacial score (nSPS) is 11.9. The number of benzene rings is 1. The van der Waals surface area contributed by atoms with Crippen LogP contribution in [-0.4, -0.2) is 55.2 Å². The van der Waals surface area contributed by atoms with E-state index in [4.69, 9.17) is 14.2 Å². The predicted molar refractivity (Wildman–Crippen MR) is 96.3 cm³/mol. The van der Waals surface area contributed by atoms with E-state index in [0.717, 1.165) is 0 Å². The Balaban J connectivity index is 3.16. The monoisotopic (exact) mass is 365 g/mol. The summed E-state index contributed by atoms with van der Waals surface area (Å²) in [6, 6.07) is 4.24. The number of esters is 2. The second-order valence-corrected chi connectivity index (χ2v) is 6.42. The Bertz CT molecular complexity index is 626. The van der Waals surface area contributed by atoms with Crippen molar-refractivity contribution in [1.29, 1.82) is 0 Å². The third kappa shape index (κ3) is 5.21. The maximum absolute atomic E-state index is 12.7. The van der Waals surface area contributed by atoms with Gasteiger partial charge in [0.05, 0.1) is 25.3 Å². The summed E-state index contributed by atoms with van der Waals surface area (Å²) in [4.78, 5) is 38.1. The Hall–Kier alpha value is -2.57. The lowest BCUT2D eigenvalue weighted by atomic mass is 10.1. The number of amides is 1. The summed E-state index contributed by atoms with van der Waals surface area (Å²) in [6.07, 6.45) is -0.793. The highest BCUT2D eigenvalue weighted by Crippen LogP contribution is 2.21. The van der Waals surface area contributed by atoms with Crippen molar-refractivity contribution in [3.05, 3.63) is 29.3 Å². The average Bonchev–Trinajstić information content (AvgIpc) is 2.59. The van der Waals surface area contributed by atoms with Gasteiger partial charge >= 0.3 is 11.9 Å². The molecule has 0 aliphatic carbocycles. The Labute approximate surface area is 154 Å². The molecule has 0 spiro atoms. The standard InChI is InChI=1S/C19H27NO6/c1-11(2)20(12(3)4)17(21)13(5)26-16-9-14(18(22)24-6)8-15(10-16)19(23)25-7/h8-13H,1-7H3/t13-/m1/s1. The fourth-order valence-corrected chi connectivity index (χ4v) is 2.71. The van der Waals surface area contributed by atoms with Crippen LogP contribution in [0.5, 0.6) is 5.75 Å². The molecule has 0 N–H and O–H groups in total. The van der Waals surface area contributed by atoms with Gasteiger partial charge in [0.15, 0.2) is 6.10 Å². The van der Waals surface area contributed by atoms with E-state index in [1.165, 1.54) is 32.4 Å². The molecule has 0 heterocycles. The predicted octanol–water partition coefficient (Wildman–Crippen LogP) is 2.67. The molecule has 144 valence electrons. The van der Waals surface area contributed by atoms with Crippen molar-refractivity contribution < 1.29 is 28.6 Å². The van der Waals surface area contributed by atoms with Gasteiger partial charge in [0.1, 0.15) is 5.75 Å². The summed E-state index contributed by atoms with van der Waals surface area (Å²) in [5.41, 5.74) is 0.268. The Morgan fingerprint density at radius 3 is 1.58 bits per heavy atom. The lowest BCUT2D eigenvalue weighted by Gasteiger charge is -2.33. The van der Waals surface area contributed by atoms with E-state index in [2.05, 4.69) is 0 Å². The van der Waals surface area contributed by atoms with Crippen molar-refractivity contribution in [2.45, 2.75) is 52.8 Å². The second-order valence-electron chi connectivity index (χ2n) is 6.42. The van der Waals surface area contributed by atoms with Gasteiger partial charge in [-0.2, -0.15) is 0 Å². The van der Waals surface area contributed by atoms with Gasteiger partial charge in [-0.3, -0.25) is 4.79 Å². The molecule has 1 aromatic carbocycles. The van der Waals surface area contributed by atoms with Crippen LogP contribution >= 0.6 is 0 Å². The molecule has 0 aliphatic heterocycles. The van der Waals surface area contributed by atoms with E-state index in [1.807, 2.05) is 27.7 Å². The van der Waals surface area contributed by atoms with Crippen molar-refractivity contribution in [3.8, 4) is 5.75 Å². The zero-order chi connectivity index (χ0) is 20.0. The van der Waals surface area contributed by atoms with Gasteiger partial charge < -0.3 is 19.1 Å². The van der Waals surface area contributed by atoms with Crippen LogP contribution in [0.15, 0.2) is 18.2 Å². The lowest BCUT2D eigenvalue weighted by molar-refractivity contribution is -0.141. The summed E-state index contributed by atoms with van der Waals surface area (Å²) >= 11 is 0. The molecule has 0 bridgehead atoms. The number of hydrogen-bond donors (Lipinski definition) is 0. The van der Waals surface area contributed by atoms with Crippen molar-refractivity contribution >= 4 is 17.8 Å². The van der Waals surface area contributed by atoms with Gasteiger partial charge in [0.2, 0.25) is 0 Å². The molecule has 0 unspecified atom stereocenters. The topological polar surface area (TPSA) is 82.1 Å². The van der Waals surface area contributed by atoms with E-state index in [9.17, 15) is 14.4 Å². The number of carbonyl (C=O) groups excluding carboxylic acids is 3. The maximum Gasteiger partial charge on any atom is 0.338 e. The number of methoxy groups -OCH3 is 2. The van der Waals surface area contributed by atoms with Gasteiger partial charge in [-0.05, 0) is 52.8 Å². The van der Waals surface area contributed by atoms with E-state index in [0.29, 0.717) is 0 Å². The van der Waals surface area contributed by atoms with Gasteiger partial charge in [-0.1, -0.05) is 0 Å². The van der Waals surface area contributed by atoms with Gasteiger partial charge in [-0.25, -0.2) is 9.59 Å². The smallest absolute Gasteiger partial charge is 0.338 e. The van der Waals surface area contributed by atoms with E-state index < -0.39 is 18.0 Å². The molecule has 0 aliphatic rings. The summed E-state index contributed by atoms with van der Waals surface area (Å²) in [5, 5.41) is 0. The van der Waals surface area contributed by atoms with E-state index in [-0.39, 0.29) is 34.9 Å². The zero-order valence-corrected chi connectivity index (χ0v) is 16.4. The molecule has 1 atom stereocenters. The number of rotatable bonds is 7. The Morgan fingerprint density at radius 2 is 1.23 bits per heavy atom. The number of carbonyl (C=O) groups is 3.